The van der Waals surface area contributed by atoms with E-state index in [0.717, 1.165) is 31.7 Å². The SMILES string of the molecule is CCC(Cl)C1(OC)CCCC[Si]1(OC)OC. The molecule has 0 saturated carbocycles. The van der Waals surface area contributed by atoms with E-state index in [1.165, 1.54) is 0 Å². The second kappa shape index (κ2) is 5.82. The predicted octanol–water partition coefficient (Wildman–Crippen LogP) is 2.85. The topological polar surface area (TPSA) is 27.7 Å². The molecule has 5 heteroatoms. The number of rotatable bonds is 5. The average molecular weight is 267 g/mol. The summed E-state index contributed by atoms with van der Waals surface area (Å²) >= 11 is 6.49. The van der Waals surface area contributed by atoms with Crippen LogP contribution in [0.2, 0.25) is 6.04 Å². The van der Waals surface area contributed by atoms with Crippen molar-refractivity contribution in [2.45, 2.75) is 49.3 Å². The monoisotopic (exact) mass is 266 g/mol. The first-order valence-electron chi connectivity index (χ1n) is 5.92. The molecule has 0 aliphatic carbocycles. The Kier molecular flexibility index (Phi) is 5.26. The lowest BCUT2D eigenvalue weighted by atomic mass is 10.1. The van der Waals surface area contributed by atoms with Gasteiger partial charge in [0.25, 0.3) is 0 Å². The molecule has 1 rings (SSSR count). The molecule has 1 aliphatic rings. The van der Waals surface area contributed by atoms with Gasteiger partial charge in [0.1, 0.15) is 5.22 Å². The fourth-order valence-corrected chi connectivity index (χ4v) is 7.54. The van der Waals surface area contributed by atoms with Gasteiger partial charge in [-0.2, -0.15) is 0 Å². The highest BCUT2D eigenvalue weighted by Gasteiger charge is 2.62. The highest BCUT2D eigenvalue weighted by atomic mass is 35.5. The number of methoxy groups -OCH3 is 1. The maximum atomic E-state index is 6.49. The van der Waals surface area contributed by atoms with Crippen molar-refractivity contribution in [3.05, 3.63) is 0 Å². The second-order valence-corrected chi connectivity index (χ2v) is 8.53. The zero-order valence-electron chi connectivity index (χ0n) is 10.7. The first kappa shape index (κ1) is 14.4. The van der Waals surface area contributed by atoms with E-state index in [1.54, 1.807) is 21.3 Å². The molecule has 0 bridgehead atoms. The number of hydrogen-bond acceptors (Lipinski definition) is 3. The van der Waals surface area contributed by atoms with Crippen LogP contribution < -0.4 is 0 Å². The number of ether oxygens (including phenoxy) is 1. The van der Waals surface area contributed by atoms with Crippen LogP contribution in [0.5, 0.6) is 0 Å². The minimum Gasteiger partial charge on any atom is -0.396 e. The zero-order chi connectivity index (χ0) is 12.2. The number of hydrogen-bond donors (Lipinski definition) is 0. The molecule has 0 radical (unpaired) electrons. The minimum atomic E-state index is -2.35. The van der Waals surface area contributed by atoms with E-state index in [0.29, 0.717) is 0 Å². The Hall–Kier alpha value is 0.387. The molecule has 0 spiro atoms. The van der Waals surface area contributed by atoms with Crippen LogP contribution in [0.1, 0.15) is 32.6 Å². The van der Waals surface area contributed by atoms with Crippen molar-refractivity contribution in [3.8, 4) is 0 Å². The Morgan fingerprint density at radius 1 is 1.25 bits per heavy atom. The Bertz CT molecular complexity index is 223. The Morgan fingerprint density at radius 2 is 1.88 bits per heavy atom. The maximum absolute atomic E-state index is 6.49. The third-order valence-corrected chi connectivity index (χ3v) is 9.10. The van der Waals surface area contributed by atoms with Crippen LogP contribution in [-0.2, 0) is 13.6 Å². The summed E-state index contributed by atoms with van der Waals surface area (Å²) in [5.74, 6) is 0. The van der Waals surface area contributed by atoms with E-state index in [4.69, 9.17) is 25.2 Å². The molecule has 0 aromatic heterocycles. The summed E-state index contributed by atoms with van der Waals surface area (Å²) in [6.45, 7) is 2.08. The second-order valence-electron chi connectivity index (χ2n) is 4.34. The zero-order valence-corrected chi connectivity index (χ0v) is 12.5. The molecule has 1 aliphatic heterocycles. The van der Waals surface area contributed by atoms with Gasteiger partial charge in [-0.3, -0.25) is 0 Å². The third kappa shape index (κ3) is 2.06. The molecule has 2 atom stereocenters. The van der Waals surface area contributed by atoms with Gasteiger partial charge in [-0.15, -0.1) is 11.6 Å². The van der Waals surface area contributed by atoms with Crippen molar-refractivity contribution in [1.29, 1.82) is 0 Å². The molecule has 0 amide bonds. The summed E-state index contributed by atoms with van der Waals surface area (Å²) in [6, 6.07) is 0.969. The Labute approximate surface area is 105 Å². The van der Waals surface area contributed by atoms with E-state index < -0.39 is 13.8 Å². The van der Waals surface area contributed by atoms with Crippen molar-refractivity contribution in [2.75, 3.05) is 21.3 Å². The van der Waals surface area contributed by atoms with Gasteiger partial charge < -0.3 is 13.6 Å². The van der Waals surface area contributed by atoms with Gasteiger partial charge in [-0.05, 0) is 18.9 Å². The Balaban J connectivity index is 3.09. The first-order valence-corrected chi connectivity index (χ1v) is 8.38. The van der Waals surface area contributed by atoms with Gasteiger partial charge in [-0.1, -0.05) is 19.8 Å². The fraction of sp³-hybridized carbons (Fsp3) is 1.00. The predicted molar refractivity (Wildman–Crippen MR) is 68.1 cm³/mol. The summed E-state index contributed by atoms with van der Waals surface area (Å²) in [6.07, 6.45) is 4.10. The van der Waals surface area contributed by atoms with E-state index in [9.17, 15) is 0 Å². The van der Waals surface area contributed by atoms with E-state index in [-0.39, 0.29) is 5.38 Å². The fourth-order valence-electron chi connectivity index (χ4n) is 2.89. The molecule has 96 valence electrons. The van der Waals surface area contributed by atoms with Crippen LogP contribution in [0.3, 0.4) is 0 Å². The van der Waals surface area contributed by atoms with E-state index in [1.807, 2.05) is 0 Å². The van der Waals surface area contributed by atoms with Gasteiger partial charge in [0.15, 0.2) is 0 Å². The van der Waals surface area contributed by atoms with Crippen molar-refractivity contribution in [1.82, 2.24) is 0 Å². The summed E-state index contributed by atoms with van der Waals surface area (Å²) in [5, 5.41) is -0.435. The molecule has 1 heterocycles. The van der Waals surface area contributed by atoms with Gasteiger partial charge >= 0.3 is 8.56 Å². The lowest BCUT2D eigenvalue weighted by Gasteiger charge is -2.49. The van der Waals surface area contributed by atoms with E-state index in [2.05, 4.69) is 6.92 Å². The van der Waals surface area contributed by atoms with Crippen molar-refractivity contribution < 1.29 is 13.6 Å². The van der Waals surface area contributed by atoms with Gasteiger partial charge in [0, 0.05) is 21.3 Å². The molecular weight excluding hydrogens is 244 g/mol. The largest absolute Gasteiger partial charge is 0.396 e. The summed E-state index contributed by atoms with van der Waals surface area (Å²) in [4.78, 5) is 0. The molecule has 3 nitrogen and oxygen atoms in total. The standard InChI is InChI=1S/C11H23ClO3Si/c1-5-10(12)11(13-2)8-6-7-9-16(11,14-3)15-4/h10H,5-9H2,1-4H3. The Morgan fingerprint density at radius 3 is 2.31 bits per heavy atom. The van der Waals surface area contributed by atoms with Crippen LogP contribution in [0.15, 0.2) is 0 Å². The summed E-state index contributed by atoms with van der Waals surface area (Å²) in [5.41, 5.74) is 0. The van der Waals surface area contributed by atoms with Crippen LogP contribution in [0, 0.1) is 0 Å². The highest BCUT2D eigenvalue weighted by molar-refractivity contribution is 6.71. The van der Waals surface area contributed by atoms with Gasteiger partial charge in [0.2, 0.25) is 0 Å². The maximum Gasteiger partial charge on any atom is 0.372 e. The smallest absolute Gasteiger partial charge is 0.372 e. The van der Waals surface area contributed by atoms with Crippen LogP contribution in [0.25, 0.3) is 0 Å². The van der Waals surface area contributed by atoms with Crippen LogP contribution in [-0.4, -0.2) is 40.5 Å². The lowest BCUT2D eigenvalue weighted by molar-refractivity contribution is -0.0120. The third-order valence-electron chi connectivity index (χ3n) is 3.84. The average Bonchev–Trinajstić information content (AvgIpc) is 2.37. The highest BCUT2D eigenvalue weighted by Crippen LogP contribution is 2.44. The van der Waals surface area contributed by atoms with Crippen LogP contribution in [0.4, 0.5) is 0 Å². The van der Waals surface area contributed by atoms with Crippen molar-refractivity contribution >= 4 is 20.2 Å². The molecule has 16 heavy (non-hydrogen) atoms. The van der Waals surface area contributed by atoms with Gasteiger partial charge in [0.05, 0.1) is 5.38 Å². The quantitative estimate of drug-likeness (QED) is 0.566. The molecular formula is C11H23ClO3Si. The molecule has 0 aromatic carbocycles. The summed E-state index contributed by atoms with van der Waals surface area (Å²) < 4.78 is 17.3. The number of alkyl halides is 1. The lowest BCUT2D eigenvalue weighted by Crippen LogP contribution is -2.68. The molecule has 2 unspecified atom stereocenters. The molecule has 1 saturated heterocycles. The summed E-state index contributed by atoms with van der Waals surface area (Å²) in [7, 11) is 2.84. The molecule has 0 aromatic rings. The van der Waals surface area contributed by atoms with Crippen molar-refractivity contribution in [3.63, 3.8) is 0 Å². The number of halogens is 1. The van der Waals surface area contributed by atoms with Gasteiger partial charge in [-0.25, -0.2) is 0 Å². The normalized spacial score (nSPS) is 31.3. The van der Waals surface area contributed by atoms with Crippen molar-refractivity contribution in [2.24, 2.45) is 0 Å². The first-order chi connectivity index (χ1) is 7.62. The minimum absolute atomic E-state index is 0.0376. The van der Waals surface area contributed by atoms with Crippen LogP contribution >= 0.6 is 11.6 Å². The molecule has 1 fully saturated rings. The van der Waals surface area contributed by atoms with E-state index >= 15 is 0 Å². The molecule has 0 N–H and O–H groups in total.